The van der Waals surface area contributed by atoms with Gasteiger partial charge in [-0.3, -0.25) is 9.59 Å². The largest absolute Gasteiger partial charge is 0.477 e. The van der Waals surface area contributed by atoms with Crippen LogP contribution in [0, 0.1) is 0 Å². The van der Waals surface area contributed by atoms with E-state index in [0.29, 0.717) is 17.0 Å². The van der Waals surface area contributed by atoms with Crippen molar-refractivity contribution in [2.24, 2.45) is 0 Å². The number of nitrogens with one attached hydrogen (secondary N) is 1. The first-order valence-electron chi connectivity index (χ1n) is 8.23. The number of likely N-dealkylation sites (N-methyl/N-ethyl adjacent to an activating group) is 1. The Bertz CT molecular complexity index is 850. The van der Waals surface area contributed by atoms with Crippen LogP contribution < -0.4 is 15.0 Å². The van der Waals surface area contributed by atoms with E-state index in [9.17, 15) is 22.8 Å². The summed E-state index contributed by atoms with van der Waals surface area (Å²) in [4.78, 5) is 26.2. The van der Waals surface area contributed by atoms with E-state index in [-0.39, 0.29) is 24.8 Å². The highest BCUT2D eigenvalue weighted by molar-refractivity contribution is 5.98. The Hall–Kier alpha value is -3.03. The standard InChI is InChI=1S/C19H17F3N2O3/c1-23-18(26)16-11-24(14-4-2-3-5-15(14)27-16)17(25)10-12-6-8-13(9-7-12)19(20,21)22/h2-9,16H,10-11H2,1H3,(H,23,26)/t16-/m0/s1. The Balaban J connectivity index is 1.81. The number of nitrogens with zero attached hydrogens (tertiary/aromatic N) is 1. The third-order valence-corrected chi connectivity index (χ3v) is 4.25. The molecule has 0 aromatic heterocycles. The average Bonchev–Trinajstić information content (AvgIpc) is 2.66. The summed E-state index contributed by atoms with van der Waals surface area (Å²) in [7, 11) is 1.47. The zero-order chi connectivity index (χ0) is 19.6. The predicted molar refractivity (Wildman–Crippen MR) is 92.4 cm³/mol. The van der Waals surface area contributed by atoms with Crippen LogP contribution in [-0.2, 0) is 22.2 Å². The van der Waals surface area contributed by atoms with Crippen molar-refractivity contribution in [1.82, 2.24) is 5.32 Å². The molecule has 5 nitrogen and oxygen atoms in total. The second-order valence-electron chi connectivity index (χ2n) is 6.06. The van der Waals surface area contributed by atoms with E-state index in [2.05, 4.69) is 5.32 Å². The molecule has 1 aliphatic heterocycles. The van der Waals surface area contributed by atoms with Crippen LogP contribution >= 0.6 is 0 Å². The van der Waals surface area contributed by atoms with Crippen molar-refractivity contribution in [3.63, 3.8) is 0 Å². The summed E-state index contributed by atoms with van der Waals surface area (Å²) in [5, 5.41) is 2.49. The molecule has 2 aromatic rings. The van der Waals surface area contributed by atoms with Crippen LogP contribution in [0.2, 0.25) is 0 Å². The molecule has 0 radical (unpaired) electrons. The van der Waals surface area contributed by atoms with Gasteiger partial charge in [-0.1, -0.05) is 24.3 Å². The van der Waals surface area contributed by atoms with Crippen LogP contribution in [0.4, 0.5) is 18.9 Å². The zero-order valence-electron chi connectivity index (χ0n) is 14.4. The lowest BCUT2D eigenvalue weighted by atomic mass is 10.1. The molecule has 0 spiro atoms. The molecule has 1 aliphatic rings. The van der Waals surface area contributed by atoms with E-state index in [1.165, 1.54) is 24.1 Å². The monoisotopic (exact) mass is 378 g/mol. The molecule has 142 valence electrons. The van der Waals surface area contributed by atoms with Gasteiger partial charge < -0.3 is 15.0 Å². The normalized spacial score (nSPS) is 16.3. The van der Waals surface area contributed by atoms with Crippen molar-refractivity contribution < 1.29 is 27.5 Å². The number of anilines is 1. The van der Waals surface area contributed by atoms with Gasteiger partial charge in [0.25, 0.3) is 5.91 Å². The number of fused-ring (bicyclic) bond motifs is 1. The van der Waals surface area contributed by atoms with E-state index in [0.717, 1.165) is 12.1 Å². The van der Waals surface area contributed by atoms with Crippen LogP contribution in [0.1, 0.15) is 11.1 Å². The van der Waals surface area contributed by atoms with Gasteiger partial charge >= 0.3 is 6.18 Å². The number of alkyl halides is 3. The number of rotatable bonds is 3. The molecule has 27 heavy (non-hydrogen) atoms. The molecule has 2 aromatic carbocycles. The van der Waals surface area contributed by atoms with Crippen molar-refractivity contribution in [2.45, 2.75) is 18.7 Å². The minimum absolute atomic E-state index is 0.0240. The SMILES string of the molecule is CNC(=O)[C@@H]1CN(C(=O)Cc2ccc(C(F)(F)F)cc2)c2ccccc2O1. The number of benzene rings is 2. The van der Waals surface area contributed by atoms with Crippen LogP contribution in [0.3, 0.4) is 0 Å². The van der Waals surface area contributed by atoms with Gasteiger partial charge in [0.15, 0.2) is 6.10 Å². The Morgan fingerprint density at radius 1 is 1.15 bits per heavy atom. The van der Waals surface area contributed by atoms with Crippen molar-refractivity contribution in [3.8, 4) is 5.75 Å². The zero-order valence-corrected chi connectivity index (χ0v) is 14.4. The Labute approximate surface area is 153 Å². The molecular formula is C19H17F3N2O3. The van der Waals surface area contributed by atoms with Crippen molar-refractivity contribution in [3.05, 3.63) is 59.7 Å². The van der Waals surface area contributed by atoms with E-state index < -0.39 is 17.8 Å². The summed E-state index contributed by atoms with van der Waals surface area (Å²) in [5.74, 6) is -0.297. The number of hydrogen-bond donors (Lipinski definition) is 1. The summed E-state index contributed by atoms with van der Waals surface area (Å²) in [6, 6.07) is 11.3. The van der Waals surface area contributed by atoms with Crippen LogP contribution in [0.5, 0.6) is 5.75 Å². The first-order chi connectivity index (χ1) is 12.8. The van der Waals surface area contributed by atoms with Gasteiger partial charge in [0.1, 0.15) is 5.75 Å². The number of ether oxygens (including phenoxy) is 1. The van der Waals surface area contributed by atoms with Gasteiger partial charge in [-0.25, -0.2) is 0 Å². The molecule has 1 N–H and O–H groups in total. The summed E-state index contributed by atoms with van der Waals surface area (Å²) in [6.45, 7) is 0.0240. The quantitative estimate of drug-likeness (QED) is 0.894. The van der Waals surface area contributed by atoms with Gasteiger partial charge in [0.05, 0.1) is 24.2 Å². The Morgan fingerprint density at radius 3 is 2.44 bits per heavy atom. The highest BCUT2D eigenvalue weighted by Crippen LogP contribution is 2.34. The molecule has 1 atom stereocenters. The van der Waals surface area contributed by atoms with Gasteiger partial charge in [-0.2, -0.15) is 13.2 Å². The fraction of sp³-hybridized carbons (Fsp3) is 0.263. The first kappa shape index (κ1) is 18.8. The lowest BCUT2D eigenvalue weighted by Gasteiger charge is -2.34. The Morgan fingerprint density at radius 2 is 1.81 bits per heavy atom. The number of para-hydroxylation sites is 2. The van der Waals surface area contributed by atoms with E-state index in [4.69, 9.17) is 4.74 Å². The molecule has 1 heterocycles. The van der Waals surface area contributed by atoms with Gasteiger partial charge in [-0.05, 0) is 29.8 Å². The van der Waals surface area contributed by atoms with Crippen molar-refractivity contribution in [1.29, 1.82) is 0 Å². The van der Waals surface area contributed by atoms with E-state index >= 15 is 0 Å². The molecular weight excluding hydrogens is 361 g/mol. The molecule has 0 saturated heterocycles. The first-order valence-corrected chi connectivity index (χ1v) is 8.23. The van der Waals surface area contributed by atoms with E-state index in [1.807, 2.05) is 0 Å². The minimum atomic E-state index is -4.42. The lowest BCUT2D eigenvalue weighted by molar-refractivity contribution is -0.137. The van der Waals surface area contributed by atoms with Crippen molar-refractivity contribution in [2.75, 3.05) is 18.5 Å². The van der Waals surface area contributed by atoms with Crippen LogP contribution in [0.25, 0.3) is 0 Å². The molecule has 0 fully saturated rings. The molecule has 3 rings (SSSR count). The number of carbonyl (C=O) groups excluding carboxylic acids is 2. The third kappa shape index (κ3) is 4.05. The number of carbonyl (C=O) groups is 2. The molecule has 0 saturated carbocycles. The lowest BCUT2D eigenvalue weighted by Crippen LogP contribution is -2.50. The minimum Gasteiger partial charge on any atom is -0.477 e. The Kier molecular flexibility index (Phi) is 5.07. The summed E-state index contributed by atoms with van der Waals surface area (Å²) in [6.07, 6.45) is -5.37. The maximum absolute atomic E-state index is 12.8. The molecule has 0 bridgehead atoms. The number of halogens is 3. The maximum atomic E-state index is 12.8. The highest BCUT2D eigenvalue weighted by atomic mass is 19.4. The van der Waals surface area contributed by atoms with E-state index in [1.54, 1.807) is 24.3 Å². The average molecular weight is 378 g/mol. The third-order valence-electron chi connectivity index (χ3n) is 4.25. The molecule has 0 aliphatic carbocycles. The molecule has 8 heteroatoms. The molecule has 0 unspecified atom stereocenters. The van der Waals surface area contributed by atoms with Crippen LogP contribution in [0.15, 0.2) is 48.5 Å². The van der Waals surface area contributed by atoms with Gasteiger partial charge in [0.2, 0.25) is 5.91 Å². The smallest absolute Gasteiger partial charge is 0.416 e. The fourth-order valence-corrected chi connectivity index (χ4v) is 2.85. The topological polar surface area (TPSA) is 58.6 Å². The predicted octanol–water partition coefficient (Wildman–Crippen LogP) is 2.79. The second kappa shape index (κ2) is 7.30. The van der Waals surface area contributed by atoms with Crippen LogP contribution in [-0.4, -0.2) is 31.5 Å². The number of hydrogen-bond acceptors (Lipinski definition) is 3. The van der Waals surface area contributed by atoms with Crippen molar-refractivity contribution >= 4 is 17.5 Å². The molecule has 2 amide bonds. The summed E-state index contributed by atoms with van der Waals surface area (Å²) < 4.78 is 43.6. The summed E-state index contributed by atoms with van der Waals surface area (Å²) in [5.41, 5.74) is 0.207. The van der Waals surface area contributed by atoms with Gasteiger partial charge in [0, 0.05) is 7.05 Å². The number of amides is 2. The van der Waals surface area contributed by atoms with Gasteiger partial charge in [-0.15, -0.1) is 0 Å². The summed E-state index contributed by atoms with van der Waals surface area (Å²) >= 11 is 0. The fourth-order valence-electron chi connectivity index (χ4n) is 2.85. The second-order valence-corrected chi connectivity index (χ2v) is 6.06. The highest BCUT2D eigenvalue weighted by Gasteiger charge is 2.33. The maximum Gasteiger partial charge on any atom is 0.416 e.